The first-order valence-corrected chi connectivity index (χ1v) is 22.7. The van der Waals surface area contributed by atoms with Crippen LogP contribution in [-0.2, 0) is 39.8 Å². The summed E-state index contributed by atoms with van der Waals surface area (Å²) >= 11 is 1.56. The number of likely N-dealkylation sites (N-methyl/N-ethyl adjacent to an activating group) is 1. The van der Waals surface area contributed by atoms with Crippen LogP contribution in [0.1, 0.15) is 125 Å². The van der Waals surface area contributed by atoms with E-state index in [1.54, 1.807) is 41.7 Å². The molecule has 3 aliphatic rings. The van der Waals surface area contributed by atoms with Crippen LogP contribution in [0.5, 0.6) is 0 Å². The molecule has 1 aromatic carbocycles. The maximum atomic E-state index is 17.0. The SMILES string of the molecule is C.C.C.C.C.CC[C@H]1OC(=O)C(C)(F)C(=O)[C@@H](C)[C@@H](O[C@@H]2OC(C)CC(N(C)C)C2O)[C@](C)(OC)C[C@@H](C)CN[C@H](C)[C@H]2N(CCCCn3cc(-c4nc5ccccc5s4)nn3)C(=O)O[C@]12C. The van der Waals surface area contributed by atoms with Crippen LogP contribution in [0, 0.1) is 11.8 Å². The average molecular weight is 968 g/mol. The molecule has 0 aliphatic carbocycles. The number of esters is 1. The lowest BCUT2D eigenvalue weighted by atomic mass is 9.78. The number of aliphatic hydroxyl groups excluding tert-OH is 1. The maximum Gasteiger partial charge on any atom is 0.410 e. The van der Waals surface area contributed by atoms with Gasteiger partial charge in [-0.2, -0.15) is 0 Å². The van der Waals surface area contributed by atoms with Gasteiger partial charge in [0.25, 0.3) is 5.67 Å². The second kappa shape index (κ2) is 24.8. The molecular formula is C49H86FN7O9S. The number of cyclic esters (lactones) is 1. The van der Waals surface area contributed by atoms with Gasteiger partial charge >= 0.3 is 12.1 Å². The second-order valence-electron chi connectivity index (χ2n) is 18.4. The van der Waals surface area contributed by atoms with Gasteiger partial charge in [-0.15, -0.1) is 16.4 Å². The topological polar surface area (TPSA) is 180 Å². The molecule has 0 radical (unpaired) electrons. The highest BCUT2D eigenvalue weighted by Gasteiger charge is 2.60. The Bertz CT molecular complexity index is 2000. The van der Waals surface area contributed by atoms with Gasteiger partial charge in [0.2, 0.25) is 0 Å². The number of nitrogens with zero attached hydrogens (tertiary/aromatic N) is 6. The lowest BCUT2D eigenvalue weighted by molar-refractivity contribution is -0.295. The van der Waals surface area contributed by atoms with Crippen molar-refractivity contribution in [2.24, 2.45) is 11.8 Å². The van der Waals surface area contributed by atoms with Crippen molar-refractivity contribution in [3.63, 3.8) is 0 Å². The maximum absolute atomic E-state index is 17.0. The van der Waals surface area contributed by atoms with Crippen molar-refractivity contribution in [3.05, 3.63) is 30.5 Å². The van der Waals surface area contributed by atoms with Crippen molar-refractivity contribution >= 4 is 39.4 Å². The number of methoxy groups -OCH3 is 1. The van der Waals surface area contributed by atoms with Gasteiger partial charge < -0.3 is 39.0 Å². The van der Waals surface area contributed by atoms with E-state index in [2.05, 4.69) is 20.6 Å². The minimum atomic E-state index is -3.13. The monoisotopic (exact) mass is 968 g/mol. The Labute approximate surface area is 405 Å². The summed E-state index contributed by atoms with van der Waals surface area (Å²) in [5.41, 5.74) is -4.18. The summed E-state index contributed by atoms with van der Waals surface area (Å²) in [5, 5.41) is 24.5. The number of thiazole rings is 1. The fraction of sp³-hybridized carbons (Fsp3) is 0.755. The van der Waals surface area contributed by atoms with Crippen molar-refractivity contribution in [1.82, 2.24) is 35.1 Å². The van der Waals surface area contributed by atoms with Gasteiger partial charge in [-0.05, 0) is 105 Å². The van der Waals surface area contributed by atoms with Crippen molar-refractivity contribution in [1.29, 1.82) is 0 Å². The van der Waals surface area contributed by atoms with Crippen LogP contribution in [-0.4, -0.2) is 153 Å². The zero-order chi connectivity index (χ0) is 45.3. The minimum absolute atomic E-state index is 0. The van der Waals surface area contributed by atoms with Crippen LogP contribution >= 0.6 is 11.3 Å². The van der Waals surface area contributed by atoms with E-state index in [1.165, 1.54) is 14.0 Å². The first-order valence-electron chi connectivity index (χ1n) is 21.9. The first kappa shape index (κ1) is 61.4. The number of hydrogen-bond donors (Lipinski definition) is 2. The predicted molar refractivity (Wildman–Crippen MR) is 265 cm³/mol. The number of amides is 1. The number of benzene rings is 1. The molecule has 2 N–H and O–H groups in total. The number of aliphatic hydroxyl groups is 1. The van der Waals surface area contributed by atoms with Gasteiger partial charge in [-0.1, -0.05) is 75.3 Å². The average Bonchev–Trinajstić information content (AvgIpc) is 3.95. The van der Waals surface area contributed by atoms with E-state index in [1.807, 2.05) is 70.2 Å². The highest BCUT2D eigenvalue weighted by Crippen LogP contribution is 2.41. The normalized spacial score (nSPS) is 33.9. The number of rotatable bonds is 11. The van der Waals surface area contributed by atoms with Gasteiger partial charge in [-0.25, -0.2) is 19.0 Å². The number of aryl methyl sites for hydroxylation is 1. The summed E-state index contributed by atoms with van der Waals surface area (Å²) in [5.74, 6) is -3.85. The molecule has 3 fully saturated rings. The summed E-state index contributed by atoms with van der Waals surface area (Å²) in [4.78, 5) is 50.4. The number of hydrogen-bond acceptors (Lipinski definition) is 15. The molecule has 3 aliphatic heterocycles. The Balaban J connectivity index is 0.00000449. The molecule has 0 spiro atoms. The van der Waals surface area contributed by atoms with Gasteiger partial charge in [0.05, 0.1) is 40.3 Å². The molecule has 16 nitrogen and oxygen atoms in total. The van der Waals surface area contributed by atoms with Crippen molar-refractivity contribution in [2.45, 2.75) is 197 Å². The van der Waals surface area contributed by atoms with Crippen LogP contribution in [0.3, 0.4) is 0 Å². The largest absolute Gasteiger partial charge is 0.455 e. The van der Waals surface area contributed by atoms with Crippen molar-refractivity contribution in [2.75, 3.05) is 34.3 Å². The number of ketones is 1. The minimum Gasteiger partial charge on any atom is -0.455 e. The van der Waals surface area contributed by atoms with Crippen LogP contribution < -0.4 is 5.32 Å². The molecule has 3 saturated heterocycles. The predicted octanol–water partition coefficient (Wildman–Crippen LogP) is 8.58. The van der Waals surface area contributed by atoms with E-state index in [-0.39, 0.29) is 61.6 Å². The van der Waals surface area contributed by atoms with E-state index in [0.29, 0.717) is 51.0 Å². The Morgan fingerprint density at radius 1 is 1.01 bits per heavy atom. The fourth-order valence-electron chi connectivity index (χ4n) is 9.71. The highest BCUT2D eigenvalue weighted by atomic mass is 32.1. The number of ether oxygens (including phenoxy) is 5. The molecule has 2 aromatic heterocycles. The van der Waals surface area contributed by atoms with Crippen LogP contribution in [0.4, 0.5) is 9.18 Å². The third-order valence-corrected chi connectivity index (χ3v) is 14.2. The number of aromatic nitrogens is 4. The van der Waals surface area contributed by atoms with Gasteiger partial charge in [0.15, 0.2) is 17.7 Å². The van der Waals surface area contributed by atoms with E-state index < -0.39 is 77.3 Å². The standard InChI is InChI=1S/C44H66FN7O9S.5CH4/c1-12-33-44(8)35(52(41(56)61-44)20-16-15-19-51-24-30(48-49-51)38-47-29-17-13-14-18-32(29)62-38)28(5)46-23-25(2)22-42(6,57-11)37(27(4)36(54)43(7,45)40(55)59-33)60-39-34(53)31(50(9)10)21-26(3)58-39;;;;;/h13-14,17-18,24-28,31,33-35,37,39,46,53H,12,15-16,19-23H2,1-11H3;5*1H4/t25-,26?,27-,28-,31?,33-,34?,35-,37-,39+,42-,43?,44-;;;;;/m1...../s1. The Morgan fingerprint density at radius 3 is 2.30 bits per heavy atom. The number of nitrogens with one attached hydrogen (secondary N) is 1. The first-order chi connectivity index (χ1) is 29.2. The molecular weight excluding hydrogens is 882 g/mol. The molecule has 384 valence electrons. The summed E-state index contributed by atoms with van der Waals surface area (Å²) < 4.78 is 50.8. The Kier molecular flexibility index (Phi) is 22.7. The summed E-state index contributed by atoms with van der Waals surface area (Å²) in [6.07, 6.45) is -1.23. The number of alkyl halides is 1. The quantitative estimate of drug-likeness (QED) is 0.106. The molecule has 1 amide bonds. The smallest absolute Gasteiger partial charge is 0.410 e. The summed E-state index contributed by atoms with van der Waals surface area (Å²) in [7, 11) is 5.21. The molecule has 0 saturated carbocycles. The number of halogens is 1. The van der Waals surface area contributed by atoms with E-state index >= 15 is 4.39 Å². The third-order valence-electron chi connectivity index (χ3n) is 13.2. The lowest BCUT2D eigenvalue weighted by Crippen LogP contribution is -2.61. The number of fused-ring (bicyclic) bond motifs is 2. The van der Waals surface area contributed by atoms with E-state index in [4.69, 9.17) is 23.7 Å². The number of Topliss-reactive ketones (excluding diaryl/α,β-unsaturated/α-hetero) is 1. The number of carbonyl (C=O) groups excluding carboxylic acids is 3. The van der Waals surface area contributed by atoms with Crippen LogP contribution in [0.2, 0.25) is 0 Å². The number of carbonyl (C=O) groups is 3. The zero-order valence-corrected chi connectivity index (χ0v) is 38.8. The molecule has 4 unspecified atom stereocenters. The van der Waals surface area contributed by atoms with E-state index in [9.17, 15) is 19.5 Å². The molecule has 5 heterocycles. The van der Waals surface area contributed by atoms with Crippen molar-refractivity contribution in [3.8, 4) is 10.7 Å². The van der Waals surface area contributed by atoms with Gasteiger partial charge in [-0.3, -0.25) is 14.4 Å². The van der Waals surface area contributed by atoms with E-state index in [0.717, 1.165) is 22.1 Å². The molecule has 6 rings (SSSR count). The summed E-state index contributed by atoms with van der Waals surface area (Å²) in [6, 6.07) is 6.56. The molecule has 3 aromatic rings. The number of para-hydroxylation sites is 1. The van der Waals surface area contributed by atoms with Crippen molar-refractivity contribution < 1.29 is 47.6 Å². The van der Waals surface area contributed by atoms with Gasteiger partial charge in [0, 0.05) is 38.2 Å². The molecule has 67 heavy (non-hydrogen) atoms. The second-order valence-corrected chi connectivity index (χ2v) is 19.4. The van der Waals surface area contributed by atoms with Crippen LogP contribution in [0.15, 0.2) is 30.5 Å². The Morgan fingerprint density at radius 2 is 1.67 bits per heavy atom. The van der Waals surface area contributed by atoms with Crippen LogP contribution in [0.25, 0.3) is 20.9 Å². The molecule has 0 bridgehead atoms. The Hall–Kier alpha value is -3.65. The lowest BCUT2D eigenvalue weighted by Gasteiger charge is -2.47. The highest BCUT2D eigenvalue weighted by molar-refractivity contribution is 7.21. The fourth-order valence-corrected chi connectivity index (χ4v) is 10.6. The zero-order valence-electron chi connectivity index (χ0n) is 38.0. The summed E-state index contributed by atoms with van der Waals surface area (Å²) in [6.45, 7) is 14.8. The number of unbranched alkanes of at least 4 members (excludes halogenated alkanes) is 1. The molecule has 13 atom stereocenters. The third kappa shape index (κ3) is 12.8. The molecule has 18 heteroatoms. The van der Waals surface area contributed by atoms with Gasteiger partial charge in [0.1, 0.15) is 22.9 Å².